The summed E-state index contributed by atoms with van der Waals surface area (Å²) in [5, 5.41) is 0. The highest BCUT2D eigenvalue weighted by molar-refractivity contribution is 6.01. The van der Waals surface area contributed by atoms with Gasteiger partial charge in [-0.3, -0.25) is 14.5 Å². The van der Waals surface area contributed by atoms with Crippen LogP contribution in [0, 0.1) is 0 Å². The van der Waals surface area contributed by atoms with E-state index in [2.05, 4.69) is 21.6 Å². The van der Waals surface area contributed by atoms with E-state index < -0.39 is 0 Å². The van der Waals surface area contributed by atoms with Gasteiger partial charge in [0.25, 0.3) is 0 Å². The van der Waals surface area contributed by atoms with E-state index in [1.807, 2.05) is 0 Å². The number of methoxy groups -OCH3 is 1. The number of unbranched alkanes of at least 4 members (excludes halogenated alkanes) is 1. The molecule has 0 saturated heterocycles. The molecular formula is C21H26N4O5. The Labute approximate surface area is 175 Å². The van der Waals surface area contributed by atoms with Crippen molar-refractivity contribution in [2.45, 2.75) is 32.6 Å². The smallest absolute Gasteiger partial charge is 0.320 e. The van der Waals surface area contributed by atoms with Crippen LogP contribution < -0.4 is 20.1 Å². The molecule has 2 aromatic rings. The Hall–Kier alpha value is -3.36. The number of ether oxygens (including phenoxy) is 3. The summed E-state index contributed by atoms with van der Waals surface area (Å²) in [6.07, 6.45) is 2.25. The van der Waals surface area contributed by atoms with E-state index in [9.17, 15) is 9.59 Å². The van der Waals surface area contributed by atoms with Gasteiger partial charge < -0.3 is 19.9 Å². The van der Waals surface area contributed by atoms with Gasteiger partial charge in [0.15, 0.2) is 0 Å². The third-order valence-corrected chi connectivity index (χ3v) is 4.69. The molecular weight excluding hydrogens is 388 g/mol. The zero-order valence-corrected chi connectivity index (χ0v) is 17.2. The van der Waals surface area contributed by atoms with Gasteiger partial charge in [-0.2, -0.15) is 9.97 Å². The van der Waals surface area contributed by atoms with E-state index in [0.29, 0.717) is 30.3 Å². The molecule has 0 spiro atoms. The Balaban J connectivity index is 1.60. The van der Waals surface area contributed by atoms with Crippen LogP contribution in [0.3, 0.4) is 0 Å². The van der Waals surface area contributed by atoms with Crippen LogP contribution in [-0.2, 0) is 27.2 Å². The average molecular weight is 414 g/mol. The van der Waals surface area contributed by atoms with Gasteiger partial charge in [0.1, 0.15) is 24.0 Å². The van der Waals surface area contributed by atoms with Gasteiger partial charge in [0.2, 0.25) is 5.91 Å². The number of nitrogens with two attached hydrogens (primary N) is 1. The van der Waals surface area contributed by atoms with Crippen molar-refractivity contribution in [2.75, 3.05) is 37.5 Å². The highest BCUT2D eigenvalue weighted by Crippen LogP contribution is 2.31. The first kappa shape index (κ1) is 21.4. The molecule has 1 aliphatic rings. The van der Waals surface area contributed by atoms with E-state index in [4.69, 9.17) is 15.2 Å². The SMILES string of the molecule is CCCCOc1nc(N)c2c(n1)N(CCOc1ccc(CC(=O)OC)cc1)C(=O)C2. The summed E-state index contributed by atoms with van der Waals surface area (Å²) in [7, 11) is 1.36. The van der Waals surface area contributed by atoms with Gasteiger partial charge in [-0.1, -0.05) is 25.5 Å². The molecule has 0 aliphatic carbocycles. The lowest BCUT2D eigenvalue weighted by Gasteiger charge is -2.17. The molecule has 1 aromatic heterocycles. The highest BCUT2D eigenvalue weighted by Gasteiger charge is 2.32. The van der Waals surface area contributed by atoms with E-state index in [-0.39, 0.29) is 43.2 Å². The maximum absolute atomic E-state index is 12.4. The minimum atomic E-state index is -0.297. The molecule has 2 N–H and O–H groups in total. The fourth-order valence-electron chi connectivity index (χ4n) is 3.03. The minimum Gasteiger partial charge on any atom is -0.492 e. The van der Waals surface area contributed by atoms with Crippen molar-refractivity contribution in [1.29, 1.82) is 0 Å². The summed E-state index contributed by atoms with van der Waals surface area (Å²) < 4.78 is 15.9. The molecule has 0 fully saturated rings. The van der Waals surface area contributed by atoms with Crippen LogP contribution >= 0.6 is 0 Å². The molecule has 0 bridgehead atoms. The molecule has 0 radical (unpaired) electrons. The number of hydrogen-bond donors (Lipinski definition) is 1. The third kappa shape index (κ3) is 5.16. The third-order valence-electron chi connectivity index (χ3n) is 4.69. The lowest BCUT2D eigenvalue weighted by Crippen LogP contribution is -2.31. The summed E-state index contributed by atoms with van der Waals surface area (Å²) in [6, 6.07) is 7.34. The molecule has 1 aromatic carbocycles. The van der Waals surface area contributed by atoms with Crippen LogP contribution in [0.1, 0.15) is 30.9 Å². The molecule has 9 heteroatoms. The van der Waals surface area contributed by atoms with Gasteiger partial charge in [0.05, 0.1) is 33.1 Å². The fourth-order valence-corrected chi connectivity index (χ4v) is 3.03. The van der Waals surface area contributed by atoms with Crippen molar-refractivity contribution in [2.24, 2.45) is 0 Å². The first-order chi connectivity index (χ1) is 14.5. The van der Waals surface area contributed by atoms with Crippen molar-refractivity contribution in [3.63, 3.8) is 0 Å². The molecule has 160 valence electrons. The van der Waals surface area contributed by atoms with Crippen LogP contribution in [-0.4, -0.2) is 48.7 Å². The van der Waals surface area contributed by atoms with Crippen molar-refractivity contribution in [3.05, 3.63) is 35.4 Å². The number of anilines is 2. The molecule has 0 unspecified atom stereocenters. The second-order valence-corrected chi connectivity index (χ2v) is 6.86. The molecule has 0 saturated carbocycles. The zero-order valence-electron chi connectivity index (χ0n) is 17.2. The van der Waals surface area contributed by atoms with Crippen molar-refractivity contribution >= 4 is 23.5 Å². The topological polar surface area (TPSA) is 117 Å². The maximum Gasteiger partial charge on any atom is 0.320 e. The molecule has 3 rings (SSSR count). The largest absolute Gasteiger partial charge is 0.492 e. The minimum absolute atomic E-state index is 0.103. The van der Waals surface area contributed by atoms with E-state index >= 15 is 0 Å². The van der Waals surface area contributed by atoms with E-state index in [0.717, 1.165) is 18.4 Å². The average Bonchev–Trinajstić information content (AvgIpc) is 3.05. The number of amides is 1. The van der Waals surface area contributed by atoms with Gasteiger partial charge in [-0.05, 0) is 24.1 Å². The van der Waals surface area contributed by atoms with Crippen LogP contribution in [0.25, 0.3) is 0 Å². The lowest BCUT2D eigenvalue weighted by atomic mass is 10.1. The Kier molecular flexibility index (Phi) is 7.05. The van der Waals surface area contributed by atoms with Gasteiger partial charge in [0, 0.05) is 5.56 Å². The fraction of sp³-hybridized carbons (Fsp3) is 0.429. The number of aromatic nitrogens is 2. The van der Waals surface area contributed by atoms with Crippen LogP contribution in [0.15, 0.2) is 24.3 Å². The molecule has 0 atom stereocenters. The molecule has 1 aliphatic heterocycles. The number of nitrogen functional groups attached to an aromatic ring is 1. The number of hydrogen-bond acceptors (Lipinski definition) is 8. The Morgan fingerprint density at radius 1 is 1.17 bits per heavy atom. The summed E-state index contributed by atoms with van der Waals surface area (Å²) >= 11 is 0. The quantitative estimate of drug-likeness (QED) is 0.463. The molecule has 1 amide bonds. The summed E-state index contributed by atoms with van der Waals surface area (Å²) in [5.41, 5.74) is 7.46. The first-order valence-electron chi connectivity index (χ1n) is 9.90. The van der Waals surface area contributed by atoms with Crippen LogP contribution in [0.4, 0.5) is 11.6 Å². The summed E-state index contributed by atoms with van der Waals surface area (Å²) in [4.78, 5) is 33.8. The Morgan fingerprint density at radius 3 is 2.63 bits per heavy atom. The monoisotopic (exact) mass is 414 g/mol. The van der Waals surface area contributed by atoms with Crippen molar-refractivity contribution in [3.8, 4) is 11.8 Å². The van der Waals surface area contributed by atoms with Crippen molar-refractivity contribution < 1.29 is 23.8 Å². The number of rotatable bonds is 10. The second kappa shape index (κ2) is 9.91. The van der Waals surface area contributed by atoms with Gasteiger partial charge in [-0.25, -0.2) is 0 Å². The predicted molar refractivity (Wildman–Crippen MR) is 111 cm³/mol. The Bertz CT molecular complexity index is 901. The van der Waals surface area contributed by atoms with E-state index in [1.165, 1.54) is 7.11 Å². The van der Waals surface area contributed by atoms with E-state index in [1.54, 1.807) is 29.2 Å². The number of nitrogens with zero attached hydrogens (tertiary/aromatic N) is 3. The van der Waals surface area contributed by atoms with Crippen LogP contribution in [0.2, 0.25) is 0 Å². The summed E-state index contributed by atoms with van der Waals surface area (Å²) in [5.74, 6) is 0.990. The zero-order chi connectivity index (χ0) is 21.5. The van der Waals surface area contributed by atoms with Crippen LogP contribution in [0.5, 0.6) is 11.8 Å². The predicted octanol–water partition coefficient (Wildman–Crippen LogP) is 1.92. The second-order valence-electron chi connectivity index (χ2n) is 6.86. The standard InChI is InChI=1S/C21H26N4O5/c1-3-4-10-30-21-23-19(22)16-13-17(26)25(20(16)24-21)9-11-29-15-7-5-14(6-8-15)12-18(27)28-2/h5-8H,3-4,9-13H2,1-2H3,(H2,22,23,24). The first-order valence-corrected chi connectivity index (χ1v) is 9.90. The van der Waals surface area contributed by atoms with Gasteiger partial charge in [-0.15, -0.1) is 0 Å². The highest BCUT2D eigenvalue weighted by atomic mass is 16.5. The van der Waals surface area contributed by atoms with Gasteiger partial charge >= 0.3 is 12.0 Å². The number of carbonyl (C=O) groups excluding carboxylic acids is 2. The van der Waals surface area contributed by atoms with Crippen molar-refractivity contribution in [1.82, 2.24) is 9.97 Å². The maximum atomic E-state index is 12.4. The number of esters is 1. The number of carbonyl (C=O) groups is 2. The Morgan fingerprint density at radius 2 is 1.93 bits per heavy atom. The number of fused-ring (bicyclic) bond motifs is 1. The summed E-state index contributed by atoms with van der Waals surface area (Å²) in [6.45, 7) is 3.16. The molecule has 30 heavy (non-hydrogen) atoms. The molecule has 9 nitrogen and oxygen atoms in total. The molecule has 2 heterocycles. The normalized spacial score (nSPS) is 12.6. The lowest BCUT2D eigenvalue weighted by molar-refractivity contribution is -0.139. The number of benzene rings is 1.